The number of esters is 1. The number of nitrogens with zero attached hydrogens (tertiary/aromatic N) is 3. The topological polar surface area (TPSA) is 114 Å². The molecule has 0 saturated carbocycles. The average Bonchev–Trinajstić information content (AvgIpc) is 3.54. The van der Waals surface area contributed by atoms with Crippen molar-refractivity contribution in [2.24, 2.45) is 0 Å². The molecule has 6 rings (SSSR count). The number of carbonyl (C=O) groups excluding carboxylic acids is 2. The van der Waals surface area contributed by atoms with Crippen LogP contribution in [0.5, 0.6) is 5.75 Å². The third-order valence-corrected chi connectivity index (χ3v) is 7.86. The number of hydrogen-bond acceptors (Lipinski definition) is 8. The van der Waals surface area contributed by atoms with Gasteiger partial charge in [0.1, 0.15) is 28.4 Å². The molecule has 1 amide bonds. The predicted molar refractivity (Wildman–Crippen MR) is 188 cm³/mol. The fraction of sp³-hybridized carbons (Fsp3) is 0.200. The van der Waals surface area contributed by atoms with Crippen molar-refractivity contribution >= 4 is 23.1 Å². The Kier molecular flexibility index (Phi) is 10.1. The minimum Gasteiger partial charge on any atom is -0.458 e. The van der Waals surface area contributed by atoms with Crippen LogP contribution in [0.2, 0.25) is 0 Å². The number of para-hydroxylation sites is 1. The van der Waals surface area contributed by atoms with E-state index in [1.165, 1.54) is 4.85 Å². The number of rotatable bonds is 12. The molecule has 1 atom stereocenters. The SMILES string of the molecule is CC(C)(C)OC(=O)[C@@H](Cc1ccc(OCOn2nnc3ccccc32)cc1)NC(=O)OC(c1ccccc1)(c1ccccc1)c1ccccc1. The Balaban J connectivity index is 1.21. The van der Waals surface area contributed by atoms with E-state index in [2.05, 4.69) is 15.6 Å². The first kappa shape index (κ1) is 33.7. The fourth-order valence-corrected chi connectivity index (χ4v) is 5.62. The summed E-state index contributed by atoms with van der Waals surface area (Å²) < 4.78 is 18.0. The van der Waals surface area contributed by atoms with Crippen LogP contribution in [0.1, 0.15) is 43.0 Å². The third kappa shape index (κ3) is 7.92. The first-order chi connectivity index (χ1) is 24.2. The van der Waals surface area contributed by atoms with Gasteiger partial charge < -0.3 is 24.4 Å². The van der Waals surface area contributed by atoms with Gasteiger partial charge in [-0.15, -0.1) is 5.10 Å². The third-order valence-electron chi connectivity index (χ3n) is 7.86. The molecule has 10 heteroatoms. The minimum absolute atomic E-state index is 0.105. The second-order valence-corrected chi connectivity index (χ2v) is 12.6. The molecule has 1 N–H and O–H groups in total. The molecular formula is C40H38N4O6. The standard InChI is InChI=1S/C40H38N4O6/c1-39(2,3)49-37(45)35(27-29-23-25-33(26-24-29)47-28-48-44-36-22-14-13-21-34(36)42-43-44)41-38(46)50-40(30-15-7-4-8-16-30,31-17-9-5-10-18-31)32-19-11-6-12-20-32/h4-26,35H,27-28H2,1-3H3,(H,41,46)/t35-/m1/s1. The maximum absolute atomic E-state index is 14.0. The number of hydrogen-bond donors (Lipinski definition) is 1. The molecule has 1 heterocycles. The summed E-state index contributed by atoms with van der Waals surface area (Å²) in [5.74, 6) is -0.0503. The molecule has 0 bridgehead atoms. The molecule has 0 aliphatic rings. The molecule has 0 fully saturated rings. The van der Waals surface area contributed by atoms with Crippen molar-refractivity contribution in [1.29, 1.82) is 0 Å². The number of benzene rings is 5. The molecule has 0 saturated heterocycles. The fourth-order valence-electron chi connectivity index (χ4n) is 5.62. The lowest BCUT2D eigenvalue weighted by Gasteiger charge is -2.35. The highest BCUT2D eigenvalue weighted by Gasteiger charge is 2.41. The van der Waals surface area contributed by atoms with E-state index < -0.39 is 29.3 Å². The Hall–Kier alpha value is -6.16. The lowest BCUT2D eigenvalue weighted by atomic mass is 9.80. The van der Waals surface area contributed by atoms with Gasteiger partial charge in [-0.3, -0.25) is 0 Å². The Morgan fingerprint density at radius 3 is 1.80 bits per heavy atom. The van der Waals surface area contributed by atoms with Crippen molar-refractivity contribution < 1.29 is 28.6 Å². The number of aromatic nitrogens is 3. The number of fused-ring (bicyclic) bond motifs is 1. The Morgan fingerprint density at radius 2 is 1.24 bits per heavy atom. The summed E-state index contributed by atoms with van der Waals surface area (Å²) in [6.07, 6.45) is -0.643. The summed E-state index contributed by atoms with van der Waals surface area (Å²) in [6.45, 7) is 5.23. The maximum atomic E-state index is 14.0. The monoisotopic (exact) mass is 670 g/mol. The van der Waals surface area contributed by atoms with Gasteiger partial charge in [0.2, 0.25) is 0 Å². The maximum Gasteiger partial charge on any atom is 0.409 e. The number of alkyl carbamates (subject to hydrolysis) is 1. The van der Waals surface area contributed by atoms with Crippen LogP contribution in [-0.4, -0.2) is 45.7 Å². The van der Waals surface area contributed by atoms with Gasteiger partial charge in [0, 0.05) is 23.1 Å². The number of nitrogens with one attached hydrogen (secondary N) is 1. The van der Waals surface area contributed by atoms with E-state index in [4.69, 9.17) is 19.0 Å². The summed E-state index contributed by atoms with van der Waals surface area (Å²) in [6, 6.07) is 42.1. The van der Waals surface area contributed by atoms with Crippen LogP contribution in [0.25, 0.3) is 11.0 Å². The largest absolute Gasteiger partial charge is 0.458 e. The molecule has 1 aromatic heterocycles. The first-order valence-corrected chi connectivity index (χ1v) is 16.3. The number of carbonyl (C=O) groups is 2. The highest BCUT2D eigenvalue weighted by atomic mass is 16.8. The molecule has 0 spiro atoms. The van der Waals surface area contributed by atoms with Gasteiger partial charge in [-0.1, -0.05) is 120 Å². The quantitative estimate of drug-likeness (QED) is 0.0853. The minimum atomic E-state index is -1.31. The van der Waals surface area contributed by atoms with Crippen molar-refractivity contribution in [2.45, 2.75) is 44.4 Å². The Morgan fingerprint density at radius 1 is 0.700 bits per heavy atom. The molecule has 254 valence electrons. The summed E-state index contributed by atoms with van der Waals surface area (Å²) >= 11 is 0. The normalized spacial score (nSPS) is 12.1. The van der Waals surface area contributed by atoms with Gasteiger partial charge in [0.25, 0.3) is 6.79 Å². The van der Waals surface area contributed by atoms with Crippen molar-refractivity contribution in [3.05, 3.63) is 162 Å². The highest BCUT2D eigenvalue weighted by molar-refractivity contribution is 5.82. The van der Waals surface area contributed by atoms with Crippen molar-refractivity contribution in [1.82, 2.24) is 20.5 Å². The van der Waals surface area contributed by atoms with Crippen LogP contribution in [0.3, 0.4) is 0 Å². The van der Waals surface area contributed by atoms with Crippen LogP contribution >= 0.6 is 0 Å². The van der Waals surface area contributed by atoms with Gasteiger partial charge in [-0.05, 0) is 55.8 Å². The molecule has 0 aliphatic carbocycles. The average molecular weight is 671 g/mol. The molecule has 6 aromatic rings. The molecule has 0 radical (unpaired) electrons. The van der Waals surface area contributed by atoms with Gasteiger partial charge >= 0.3 is 12.1 Å². The molecule has 10 nitrogen and oxygen atoms in total. The van der Waals surface area contributed by atoms with Gasteiger partial charge in [-0.2, -0.15) is 0 Å². The van der Waals surface area contributed by atoms with Gasteiger partial charge in [-0.25, -0.2) is 9.59 Å². The lowest BCUT2D eigenvalue weighted by molar-refractivity contribution is -0.157. The zero-order valence-electron chi connectivity index (χ0n) is 28.1. The summed E-state index contributed by atoms with van der Waals surface area (Å²) in [5, 5.41) is 10.9. The lowest BCUT2D eigenvalue weighted by Crippen LogP contribution is -2.48. The second kappa shape index (κ2) is 14.9. The van der Waals surface area contributed by atoms with E-state index in [0.717, 1.165) is 27.8 Å². The molecule has 0 aliphatic heterocycles. The van der Waals surface area contributed by atoms with Crippen LogP contribution in [0.15, 0.2) is 140 Å². The Bertz CT molecular complexity index is 1910. The van der Waals surface area contributed by atoms with Crippen LogP contribution in [-0.2, 0) is 26.3 Å². The summed E-state index contributed by atoms with van der Waals surface area (Å²) in [4.78, 5) is 34.5. The van der Waals surface area contributed by atoms with Gasteiger partial charge in [0.15, 0.2) is 5.60 Å². The van der Waals surface area contributed by atoms with E-state index in [-0.39, 0.29) is 13.2 Å². The smallest absolute Gasteiger partial charge is 0.409 e. The van der Waals surface area contributed by atoms with Crippen molar-refractivity contribution in [2.75, 3.05) is 6.79 Å². The molecular weight excluding hydrogens is 632 g/mol. The number of amides is 1. The molecule has 0 unspecified atom stereocenters. The Labute approximate surface area is 290 Å². The summed E-state index contributed by atoms with van der Waals surface area (Å²) in [7, 11) is 0. The highest BCUT2D eigenvalue weighted by Crippen LogP contribution is 2.40. The van der Waals surface area contributed by atoms with Crippen molar-refractivity contribution in [3.8, 4) is 5.75 Å². The van der Waals surface area contributed by atoms with E-state index >= 15 is 0 Å². The summed E-state index contributed by atoms with van der Waals surface area (Å²) in [5.41, 5.74) is 2.34. The zero-order chi connectivity index (χ0) is 35.0. The van der Waals surface area contributed by atoms with Gasteiger partial charge in [0.05, 0.1) is 0 Å². The van der Waals surface area contributed by atoms with E-state index in [0.29, 0.717) is 11.3 Å². The first-order valence-electron chi connectivity index (χ1n) is 16.3. The predicted octanol–water partition coefficient (Wildman–Crippen LogP) is 6.87. The van der Waals surface area contributed by atoms with E-state index in [1.54, 1.807) is 32.9 Å². The van der Waals surface area contributed by atoms with Crippen LogP contribution < -0.4 is 14.9 Å². The zero-order valence-corrected chi connectivity index (χ0v) is 28.1. The van der Waals surface area contributed by atoms with E-state index in [1.807, 2.05) is 127 Å². The second-order valence-electron chi connectivity index (χ2n) is 12.6. The number of ether oxygens (including phenoxy) is 3. The van der Waals surface area contributed by atoms with Crippen LogP contribution in [0.4, 0.5) is 4.79 Å². The van der Waals surface area contributed by atoms with Crippen LogP contribution in [0, 0.1) is 0 Å². The van der Waals surface area contributed by atoms with E-state index in [9.17, 15) is 9.59 Å². The molecule has 50 heavy (non-hydrogen) atoms. The van der Waals surface area contributed by atoms with Crippen molar-refractivity contribution in [3.63, 3.8) is 0 Å². The molecule has 5 aromatic carbocycles.